The second-order valence-electron chi connectivity index (χ2n) is 5.27. The number of hydrogen-bond donors (Lipinski definition) is 1. The lowest BCUT2D eigenvalue weighted by molar-refractivity contribution is -0.384. The van der Waals surface area contributed by atoms with Gasteiger partial charge >= 0.3 is 0 Å². The molecule has 0 radical (unpaired) electrons. The van der Waals surface area contributed by atoms with Crippen LogP contribution in [0.15, 0.2) is 36.4 Å². The summed E-state index contributed by atoms with van der Waals surface area (Å²) in [6.07, 6.45) is 0. The Hall–Kier alpha value is -2.60. The average Bonchev–Trinajstić information content (AvgIpc) is 2.54. The SMILES string of the molecule is Cc1ccc(OCCNC(=O)c2ccc([N+](=O)[O-])cc2Cl)cc1C. The van der Waals surface area contributed by atoms with E-state index in [0.29, 0.717) is 13.2 Å². The zero-order valence-corrected chi connectivity index (χ0v) is 14.1. The minimum Gasteiger partial charge on any atom is -0.492 e. The minimum absolute atomic E-state index is 0.0387. The molecular formula is C17H17ClN2O4. The van der Waals surface area contributed by atoms with Crippen molar-refractivity contribution in [2.75, 3.05) is 13.2 Å². The molecule has 0 atom stereocenters. The molecule has 7 heteroatoms. The normalized spacial score (nSPS) is 10.3. The van der Waals surface area contributed by atoms with Gasteiger partial charge in [-0.2, -0.15) is 0 Å². The van der Waals surface area contributed by atoms with Crippen molar-refractivity contribution in [3.8, 4) is 5.75 Å². The lowest BCUT2D eigenvalue weighted by atomic mass is 10.1. The quantitative estimate of drug-likeness (QED) is 0.490. The zero-order valence-electron chi connectivity index (χ0n) is 13.3. The molecule has 1 N–H and O–H groups in total. The summed E-state index contributed by atoms with van der Waals surface area (Å²) in [4.78, 5) is 22.1. The third-order valence-corrected chi connectivity index (χ3v) is 3.86. The molecule has 126 valence electrons. The Morgan fingerprint density at radius 2 is 1.96 bits per heavy atom. The van der Waals surface area contributed by atoms with E-state index < -0.39 is 10.8 Å². The summed E-state index contributed by atoms with van der Waals surface area (Å²) >= 11 is 5.91. The van der Waals surface area contributed by atoms with Gasteiger partial charge in [-0.15, -0.1) is 0 Å². The van der Waals surface area contributed by atoms with E-state index in [9.17, 15) is 14.9 Å². The van der Waals surface area contributed by atoms with Crippen LogP contribution >= 0.6 is 11.6 Å². The van der Waals surface area contributed by atoms with Gasteiger partial charge in [0.15, 0.2) is 0 Å². The molecule has 2 aromatic carbocycles. The van der Waals surface area contributed by atoms with Gasteiger partial charge in [0.05, 0.1) is 22.1 Å². The third kappa shape index (κ3) is 4.45. The smallest absolute Gasteiger partial charge is 0.270 e. The van der Waals surface area contributed by atoms with Crippen molar-refractivity contribution in [1.29, 1.82) is 0 Å². The maximum absolute atomic E-state index is 12.0. The Bertz CT molecular complexity index is 777. The van der Waals surface area contributed by atoms with Gasteiger partial charge in [0.25, 0.3) is 11.6 Å². The van der Waals surface area contributed by atoms with Crippen LogP contribution in [0.5, 0.6) is 5.75 Å². The van der Waals surface area contributed by atoms with Crippen molar-refractivity contribution in [2.24, 2.45) is 0 Å². The number of nitrogens with one attached hydrogen (secondary N) is 1. The molecule has 6 nitrogen and oxygen atoms in total. The first-order valence-electron chi connectivity index (χ1n) is 7.30. The molecule has 0 bridgehead atoms. The van der Waals surface area contributed by atoms with Crippen molar-refractivity contribution < 1.29 is 14.5 Å². The zero-order chi connectivity index (χ0) is 17.7. The summed E-state index contributed by atoms with van der Waals surface area (Å²) in [6.45, 7) is 4.62. The Labute approximate surface area is 144 Å². The number of carbonyl (C=O) groups is 1. The number of amides is 1. The molecule has 2 rings (SSSR count). The fraction of sp³-hybridized carbons (Fsp3) is 0.235. The Balaban J connectivity index is 1.87. The molecule has 0 aliphatic rings. The molecular weight excluding hydrogens is 332 g/mol. The van der Waals surface area contributed by atoms with E-state index in [2.05, 4.69) is 5.32 Å². The van der Waals surface area contributed by atoms with E-state index in [0.717, 1.165) is 17.4 Å². The highest BCUT2D eigenvalue weighted by Crippen LogP contribution is 2.22. The predicted octanol–water partition coefficient (Wildman–Crippen LogP) is 3.67. The van der Waals surface area contributed by atoms with Crippen LogP contribution in [0, 0.1) is 24.0 Å². The second-order valence-corrected chi connectivity index (χ2v) is 5.68. The average molecular weight is 349 g/mol. The third-order valence-electron chi connectivity index (χ3n) is 3.54. The molecule has 0 unspecified atom stereocenters. The van der Waals surface area contributed by atoms with Gasteiger partial charge in [0.1, 0.15) is 12.4 Å². The Morgan fingerprint density at radius 1 is 1.21 bits per heavy atom. The number of nitro groups is 1. The molecule has 0 aliphatic heterocycles. The molecule has 0 heterocycles. The lowest BCUT2D eigenvalue weighted by Gasteiger charge is -2.10. The standard InChI is InChI=1S/C17H17ClN2O4/c1-11-3-5-14(9-12(11)2)24-8-7-19-17(21)15-6-4-13(20(22)23)10-16(15)18/h3-6,9-10H,7-8H2,1-2H3,(H,19,21). The topological polar surface area (TPSA) is 81.5 Å². The summed E-state index contributed by atoms with van der Waals surface area (Å²) < 4.78 is 5.57. The molecule has 0 saturated heterocycles. The summed E-state index contributed by atoms with van der Waals surface area (Å²) in [7, 11) is 0. The predicted molar refractivity (Wildman–Crippen MR) is 91.9 cm³/mol. The van der Waals surface area contributed by atoms with E-state index in [1.165, 1.54) is 17.7 Å². The van der Waals surface area contributed by atoms with Gasteiger partial charge in [0.2, 0.25) is 0 Å². The van der Waals surface area contributed by atoms with Crippen molar-refractivity contribution in [2.45, 2.75) is 13.8 Å². The van der Waals surface area contributed by atoms with Crippen molar-refractivity contribution in [3.05, 3.63) is 68.2 Å². The second kappa shape index (κ2) is 7.79. The highest BCUT2D eigenvalue weighted by atomic mass is 35.5. The molecule has 0 fully saturated rings. The van der Waals surface area contributed by atoms with Crippen molar-refractivity contribution >= 4 is 23.2 Å². The summed E-state index contributed by atoms with van der Waals surface area (Å²) in [6, 6.07) is 9.51. The number of benzene rings is 2. The van der Waals surface area contributed by atoms with Gasteiger partial charge in [-0.1, -0.05) is 17.7 Å². The number of nitrogens with zero attached hydrogens (tertiary/aromatic N) is 1. The first-order chi connectivity index (χ1) is 11.4. The number of hydrogen-bond acceptors (Lipinski definition) is 4. The van der Waals surface area contributed by atoms with Crippen LogP contribution in [0.3, 0.4) is 0 Å². The number of non-ortho nitro benzene ring substituents is 1. The maximum Gasteiger partial charge on any atom is 0.270 e. The number of nitro benzene ring substituents is 1. The number of ether oxygens (including phenoxy) is 1. The van der Waals surface area contributed by atoms with Gasteiger partial charge in [-0.05, 0) is 43.2 Å². The van der Waals surface area contributed by atoms with Gasteiger partial charge in [-0.3, -0.25) is 14.9 Å². The molecule has 2 aromatic rings. The molecule has 0 saturated carbocycles. The number of rotatable bonds is 6. The van der Waals surface area contributed by atoms with Crippen LogP contribution in [-0.4, -0.2) is 24.0 Å². The molecule has 0 aromatic heterocycles. The largest absolute Gasteiger partial charge is 0.492 e. The van der Waals surface area contributed by atoms with Crippen LogP contribution in [0.2, 0.25) is 5.02 Å². The molecule has 1 amide bonds. The Morgan fingerprint density at radius 3 is 2.58 bits per heavy atom. The van der Waals surface area contributed by atoms with E-state index in [4.69, 9.17) is 16.3 Å². The molecule has 24 heavy (non-hydrogen) atoms. The highest BCUT2D eigenvalue weighted by molar-refractivity contribution is 6.34. The fourth-order valence-electron chi connectivity index (χ4n) is 2.03. The minimum atomic E-state index is -0.565. The number of aryl methyl sites for hydroxylation is 2. The van der Waals surface area contributed by atoms with Gasteiger partial charge in [0, 0.05) is 12.1 Å². The van der Waals surface area contributed by atoms with Crippen LogP contribution in [0.25, 0.3) is 0 Å². The van der Waals surface area contributed by atoms with Gasteiger partial charge in [-0.25, -0.2) is 0 Å². The molecule has 0 aliphatic carbocycles. The number of carbonyl (C=O) groups excluding carboxylic acids is 1. The molecule has 0 spiro atoms. The van der Waals surface area contributed by atoms with E-state index in [1.54, 1.807) is 0 Å². The van der Waals surface area contributed by atoms with Gasteiger partial charge < -0.3 is 10.1 Å². The first kappa shape index (κ1) is 17.7. The highest BCUT2D eigenvalue weighted by Gasteiger charge is 2.14. The van der Waals surface area contributed by atoms with Crippen molar-refractivity contribution in [3.63, 3.8) is 0 Å². The first-order valence-corrected chi connectivity index (χ1v) is 7.68. The summed E-state index contributed by atoms with van der Waals surface area (Å²) in [5.41, 5.74) is 2.35. The fourth-order valence-corrected chi connectivity index (χ4v) is 2.29. The van der Waals surface area contributed by atoms with Crippen LogP contribution in [0.4, 0.5) is 5.69 Å². The van der Waals surface area contributed by atoms with E-state index in [-0.39, 0.29) is 16.3 Å². The van der Waals surface area contributed by atoms with Crippen molar-refractivity contribution in [1.82, 2.24) is 5.32 Å². The van der Waals surface area contributed by atoms with E-state index >= 15 is 0 Å². The Kier molecular flexibility index (Phi) is 5.76. The van der Waals surface area contributed by atoms with E-state index in [1.807, 2.05) is 32.0 Å². The lowest BCUT2D eigenvalue weighted by Crippen LogP contribution is -2.28. The number of halogens is 1. The maximum atomic E-state index is 12.0. The van der Waals surface area contributed by atoms with Crippen LogP contribution < -0.4 is 10.1 Å². The van der Waals surface area contributed by atoms with Crippen LogP contribution in [0.1, 0.15) is 21.5 Å². The van der Waals surface area contributed by atoms with Crippen LogP contribution in [-0.2, 0) is 0 Å². The summed E-state index contributed by atoms with van der Waals surface area (Å²) in [5.74, 6) is 0.333. The summed E-state index contributed by atoms with van der Waals surface area (Å²) in [5, 5.41) is 13.4. The monoisotopic (exact) mass is 348 g/mol.